The maximum Gasteiger partial charge on any atom is 0.445 e. The molecule has 0 spiro atoms. The van der Waals surface area contributed by atoms with E-state index in [1.54, 1.807) is 0 Å². The average Bonchev–Trinajstić information content (AvgIpc) is 1.30. The molecule has 0 atom stereocenters. The van der Waals surface area contributed by atoms with Gasteiger partial charge >= 0.3 is 10.4 Å². The van der Waals surface area contributed by atoms with Crippen molar-refractivity contribution in [1.29, 1.82) is 0 Å². The maximum absolute atomic E-state index is 9.49. The summed E-state index contributed by atoms with van der Waals surface area (Å²) in [6, 6.07) is 0. The number of hydrogen-bond donors (Lipinski definition) is 1. The Labute approximate surface area is 46.1 Å². The highest BCUT2D eigenvalue weighted by molar-refractivity contribution is 7.81. The Morgan fingerprint density at radius 3 is 2.00 bits per heavy atom. The van der Waals surface area contributed by atoms with Gasteiger partial charge in [-0.15, -0.1) is 0 Å². The van der Waals surface area contributed by atoms with Crippen molar-refractivity contribution in [3.05, 3.63) is 12.8 Å². The topological polar surface area (TPSA) is 63.6 Å². The molecule has 0 bridgehead atoms. The quantitative estimate of drug-likeness (QED) is 0.441. The van der Waals surface area contributed by atoms with E-state index in [4.69, 9.17) is 4.55 Å². The highest BCUT2D eigenvalue weighted by Gasteiger charge is 1.96. The molecule has 0 radical (unpaired) electrons. The number of rotatable bonds is 2. The standard InChI is InChI=1S/C2H4O4S.FH/c1-2-6-7(3,4)5;/h2H,1H2,(H,3,4,5);1H. The van der Waals surface area contributed by atoms with Gasteiger partial charge in [0.15, 0.2) is 0 Å². The molecule has 4 nitrogen and oxygen atoms in total. The van der Waals surface area contributed by atoms with Crippen LogP contribution >= 0.6 is 0 Å². The Bertz CT molecular complexity index is 147. The molecule has 0 unspecified atom stereocenters. The van der Waals surface area contributed by atoms with Crippen LogP contribution in [0.2, 0.25) is 0 Å². The van der Waals surface area contributed by atoms with Crippen molar-refractivity contribution >= 4 is 10.4 Å². The van der Waals surface area contributed by atoms with Gasteiger partial charge in [-0.25, -0.2) is 0 Å². The highest BCUT2D eigenvalue weighted by Crippen LogP contribution is 1.82. The van der Waals surface area contributed by atoms with E-state index in [0.717, 1.165) is 0 Å². The first-order valence-electron chi connectivity index (χ1n) is 1.33. The molecule has 0 saturated heterocycles. The first-order valence-corrected chi connectivity index (χ1v) is 2.69. The molecule has 0 amide bonds. The first kappa shape index (κ1) is 10.4. The molecular weight excluding hydrogens is 139 g/mol. The van der Waals surface area contributed by atoms with Crippen LogP contribution in [0.3, 0.4) is 0 Å². The molecule has 0 fully saturated rings. The summed E-state index contributed by atoms with van der Waals surface area (Å²) in [5, 5.41) is 0. The second kappa shape index (κ2) is 3.39. The molecule has 0 heterocycles. The maximum atomic E-state index is 9.49. The normalized spacial score (nSPS) is 9.12. The van der Waals surface area contributed by atoms with Crippen LogP contribution in [0, 0.1) is 0 Å². The van der Waals surface area contributed by atoms with Crippen LogP contribution in [-0.2, 0) is 14.6 Å². The molecule has 0 aromatic carbocycles. The minimum atomic E-state index is -4.29. The Morgan fingerprint density at radius 1 is 1.62 bits per heavy atom. The van der Waals surface area contributed by atoms with E-state index in [1.165, 1.54) is 0 Å². The summed E-state index contributed by atoms with van der Waals surface area (Å²) in [6.45, 7) is 2.88. The largest absolute Gasteiger partial charge is 0.445 e. The van der Waals surface area contributed by atoms with E-state index < -0.39 is 10.4 Å². The minimum absolute atomic E-state index is 0. The van der Waals surface area contributed by atoms with Gasteiger partial charge in [0.1, 0.15) is 6.26 Å². The molecular formula is C2H5FO4S. The van der Waals surface area contributed by atoms with E-state index >= 15 is 0 Å². The van der Waals surface area contributed by atoms with Crippen molar-refractivity contribution < 1.29 is 21.9 Å². The Morgan fingerprint density at radius 2 is 2.00 bits per heavy atom. The molecule has 0 aromatic heterocycles. The van der Waals surface area contributed by atoms with Crippen molar-refractivity contribution in [2.75, 3.05) is 0 Å². The molecule has 0 aliphatic rings. The molecule has 0 aliphatic heterocycles. The molecule has 0 rings (SSSR count). The SMILES string of the molecule is C=COS(=O)(=O)O.F. The predicted molar refractivity (Wildman–Crippen MR) is 25.3 cm³/mol. The van der Waals surface area contributed by atoms with Crippen LogP contribution in [0.25, 0.3) is 0 Å². The van der Waals surface area contributed by atoms with Crippen LogP contribution in [0.5, 0.6) is 0 Å². The summed E-state index contributed by atoms with van der Waals surface area (Å²) in [5.74, 6) is 0. The van der Waals surface area contributed by atoms with E-state index in [2.05, 4.69) is 10.8 Å². The molecule has 8 heavy (non-hydrogen) atoms. The third-order valence-electron chi connectivity index (χ3n) is 0.190. The third kappa shape index (κ3) is 9.03. The van der Waals surface area contributed by atoms with Crippen molar-refractivity contribution in [1.82, 2.24) is 0 Å². The Kier molecular flexibility index (Phi) is 4.40. The summed E-state index contributed by atoms with van der Waals surface area (Å²) >= 11 is 0. The smallest absolute Gasteiger partial charge is 0.370 e. The lowest BCUT2D eigenvalue weighted by Crippen LogP contribution is -1.96. The molecule has 6 heteroatoms. The highest BCUT2D eigenvalue weighted by atomic mass is 32.3. The summed E-state index contributed by atoms with van der Waals surface area (Å²) in [5.41, 5.74) is 0. The van der Waals surface area contributed by atoms with Crippen LogP contribution in [-0.4, -0.2) is 13.0 Å². The van der Waals surface area contributed by atoms with Gasteiger partial charge in [0, 0.05) is 0 Å². The van der Waals surface area contributed by atoms with Crippen molar-refractivity contribution in [2.24, 2.45) is 0 Å². The van der Waals surface area contributed by atoms with Gasteiger partial charge < -0.3 is 4.18 Å². The molecule has 0 saturated carbocycles. The minimum Gasteiger partial charge on any atom is -0.370 e. The van der Waals surface area contributed by atoms with E-state index in [0.29, 0.717) is 6.26 Å². The van der Waals surface area contributed by atoms with E-state index in [1.807, 2.05) is 0 Å². The number of hydrogen-bond acceptors (Lipinski definition) is 3. The van der Waals surface area contributed by atoms with Crippen LogP contribution in [0.1, 0.15) is 0 Å². The lowest BCUT2D eigenvalue weighted by molar-refractivity contribution is 0.357. The zero-order chi connectivity index (χ0) is 5.91. The van der Waals surface area contributed by atoms with Gasteiger partial charge in [0.05, 0.1) is 0 Å². The molecule has 50 valence electrons. The van der Waals surface area contributed by atoms with E-state index in [9.17, 15) is 8.42 Å². The first-order chi connectivity index (χ1) is 3.06. The van der Waals surface area contributed by atoms with Gasteiger partial charge in [0.25, 0.3) is 0 Å². The zero-order valence-electron chi connectivity index (χ0n) is 3.77. The van der Waals surface area contributed by atoms with Crippen LogP contribution in [0.15, 0.2) is 12.8 Å². The van der Waals surface area contributed by atoms with Gasteiger partial charge in [-0.3, -0.25) is 9.26 Å². The van der Waals surface area contributed by atoms with Gasteiger partial charge in [-0.1, -0.05) is 6.58 Å². The second-order valence-corrected chi connectivity index (χ2v) is 1.74. The average molecular weight is 144 g/mol. The van der Waals surface area contributed by atoms with E-state index in [-0.39, 0.29) is 4.70 Å². The summed E-state index contributed by atoms with van der Waals surface area (Å²) in [6.07, 6.45) is 0.620. The molecule has 0 aliphatic carbocycles. The Balaban J connectivity index is 0. The zero-order valence-corrected chi connectivity index (χ0v) is 4.59. The lowest BCUT2D eigenvalue weighted by atomic mass is 11.2. The monoisotopic (exact) mass is 144 g/mol. The molecule has 0 aromatic rings. The summed E-state index contributed by atoms with van der Waals surface area (Å²) in [7, 11) is -4.29. The van der Waals surface area contributed by atoms with Crippen LogP contribution < -0.4 is 0 Å². The third-order valence-corrected chi connectivity index (χ3v) is 0.569. The molecule has 1 N–H and O–H groups in total. The van der Waals surface area contributed by atoms with Crippen LogP contribution in [0.4, 0.5) is 4.70 Å². The summed E-state index contributed by atoms with van der Waals surface area (Å²) in [4.78, 5) is 0. The second-order valence-electron chi connectivity index (χ2n) is 0.691. The van der Waals surface area contributed by atoms with Crippen molar-refractivity contribution in [2.45, 2.75) is 0 Å². The lowest BCUT2D eigenvalue weighted by Gasteiger charge is -1.86. The fourth-order valence-corrected chi connectivity index (χ4v) is 0.258. The number of halogens is 1. The fourth-order valence-electron chi connectivity index (χ4n) is 0.0860. The van der Waals surface area contributed by atoms with Gasteiger partial charge in [-0.05, 0) is 0 Å². The van der Waals surface area contributed by atoms with Crippen molar-refractivity contribution in [3.8, 4) is 0 Å². The fraction of sp³-hybridized carbons (Fsp3) is 0. The predicted octanol–water partition coefficient (Wildman–Crippen LogP) is 0.102. The summed E-state index contributed by atoms with van der Waals surface area (Å²) < 4.78 is 30.2. The van der Waals surface area contributed by atoms with Gasteiger partial charge in [0.2, 0.25) is 0 Å². The Hall–Kier alpha value is -0.620. The van der Waals surface area contributed by atoms with Gasteiger partial charge in [-0.2, -0.15) is 8.42 Å². The van der Waals surface area contributed by atoms with Crippen molar-refractivity contribution in [3.63, 3.8) is 0 Å².